The fourth-order valence-corrected chi connectivity index (χ4v) is 3.28. The van der Waals surface area contributed by atoms with Gasteiger partial charge in [0.2, 0.25) is 0 Å². The van der Waals surface area contributed by atoms with Crippen LogP contribution in [-0.2, 0) is 6.54 Å². The van der Waals surface area contributed by atoms with E-state index < -0.39 is 0 Å². The summed E-state index contributed by atoms with van der Waals surface area (Å²) in [4.78, 5) is 0. The van der Waals surface area contributed by atoms with Gasteiger partial charge in [-0.05, 0) is 58.5 Å². The van der Waals surface area contributed by atoms with Crippen molar-refractivity contribution in [3.05, 3.63) is 62.2 Å². The van der Waals surface area contributed by atoms with Gasteiger partial charge in [-0.15, -0.1) is 0 Å². The van der Waals surface area contributed by atoms with Crippen molar-refractivity contribution >= 4 is 51.5 Å². The minimum atomic E-state index is 0.435. The minimum absolute atomic E-state index is 0.435. The van der Waals surface area contributed by atoms with Crippen LogP contribution < -0.4 is 14.8 Å². The summed E-state index contributed by atoms with van der Waals surface area (Å²) in [5.41, 5.74) is 1.89. The second-order valence-electron chi connectivity index (χ2n) is 4.69. The van der Waals surface area contributed by atoms with Gasteiger partial charge in [-0.25, -0.2) is 0 Å². The lowest BCUT2D eigenvalue weighted by Crippen LogP contribution is -2.03. The van der Waals surface area contributed by atoms with E-state index in [0.717, 1.165) is 20.6 Å². The van der Waals surface area contributed by atoms with Crippen molar-refractivity contribution in [1.29, 1.82) is 0 Å². The average molecular weight is 464 g/mol. The average Bonchev–Trinajstić information content (AvgIpc) is 2.52. The molecule has 0 bridgehead atoms. The van der Waals surface area contributed by atoms with Gasteiger partial charge in [0.1, 0.15) is 6.61 Å². The molecule has 0 spiro atoms. The van der Waals surface area contributed by atoms with Crippen molar-refractivity contribution in [3.63, 3.8) is 0 Å². The molecule has 23 heavy (non-hydrogen) atoms. The predicted octanol–water partition coefficient (Wildman–Crippen LogP) is 5.78. The van der Waals surface area contributed by atoms with Gasteiger partial charge in [-0.1, -0.05) is 35.9 Å². The molecule has 0 aliphatic heterocycles. The van der Waals surface area contributed by atoms with Gasteiger partial charge in [0.25, 0.3) is 0 Å². The van der Waals surface area contributed by atoms with Crippen molar-refractivity contribution < 1.29 is 9.47 Å². The summed E-state index contributed by atoms with van der Waals surface area (Å²) in [5.74, 6) is 1.42. The van der Waals surface area contributed by atoms with E-state index in [-0.39, 0.29) is 0 Å². The molecule has 2 rings (SSSR count). The molecule has 0 saturated heterocycles. The maximum absolute atomic E-state index is 6.17. The molecule has 0 heterocycles. The quantitative estimate of drug-likeness (QED) is 0.416. The van der Waals surface area contributed by atoms with E-state index in [4.69, 9.17) is 32.7 Å². The third-order valence-electron chi connectivity index (χ3n) is 3.05. The summed E-state index contributed by atoms with van der Waals surface area (Å²) in [6.07, 6.45) is 1.70. The van der Waals surface area contributed by atoms with Crippen molar-refractivity contribution in [2.24, 2.45) is 0 Å². The van der Waals surface area contributed by atoms with Gasteiger partial charge >= 0.3 is 0 Å². The van der Waals surface area contributed by atoms with Crippen molar-refractivity contribution in [1.82, 2.24) is 0 Å². The summed E-state index contributed by atoms with van der Waals surface area (Å²) in [6, 6.07) is 9.35. The summed E-state index contributed by atoms with van der Waals surface area (Å²) in [5, 5.41) is 4.49. The van der Waals surface area contributed by atoms with Crippen LogP contribution in [0.15, 0.2) is 43.0 Å². The first-order chi connectivity index (χ1) is 11.0. The van der Waals surface area contributed by atoms with Crippen LogP contribution in [0.2, 0.25) is 10.0 Å². The predicted molar refractivity (Wildman–Crippen MR) is 105 cm³/mol. The van der Waals surface area contributed by atoms with E-state index in [1.54, 1.807) is 25.3 Å². The number of ether oxygens (including phenoxy) is 2. The zero-order chi connectivity index (χ0) is 16.8. The minimum Gasteiger partial charge on any atom is -0.493 e. The lowest BCUT2D eigenvalue weighted by Gasteiger charge is -2.14. The molecule has 6 heteroatoms. The molecule has 0 saturated carbocycles. The van der Waals surface area contributed by atoms with Crippen molar-refractivity contribution in [2.45, 2.75) is 6.54 Å². The highest BCUT2D eigenvalue weighted by Gasteiger charge is 2.11. The van der Waals surface area contributed by atoms with E-state index in [1.165, 1.54) is 0 Å². The zero-order valence-electron chi connectivity index (χ0n) is 12.5. The molecule has 0 aliphatic rings. The number of anilines is 1. The Morgan fingerprint density at radius 3 is 2.70 bits per heavy atom. The lowest BCUT2D eigenvalue weighted by molar-refractivity contribution is 0.324. The molecule has 0 amide bonds. The zero-order valence-corrected chi connectivity index (χ0v) is 16.2. The Morgan fingerprint density at radius 2 is 2.04 bits per heavy atom. The molecule has 0 fully saturated rings. The maximum atomic E-state index is 6.17. The summed E-state index contributed by atoms with van der Waals surface area (Å²) in [7, 11) is 1.62. The molecule has 0 aliphatic carbocycles. The highest BCUT2D eigenvalue weighted by atomic mass is 127. The Kier molecular flexibility index (Phi) is 6.87. The van der Waals surface area contributed by atoms with E-state index >= 15 is 0 Å². The number of halogens is 3. The largest absolute Gasteiger partial charge is 0.493 e. The van der Waals surface area contributed by atoms with Crippen molar-refractivity contribution in [2.75, 3.05) is 19.0 Å². The molecular weight excluding hydrogens is 448 g/mol. The number of benzene rings is 2. The number of hydrogen-bond donors (Lipinski definition) is 1. The van der Waals surface area contributed by atoms with Crippen LogP contribution in [0.25, 0.3) is 0 Å². The topological polar surface area (TPSA) is 30.5 Å². The van der Waals surface area contributed by atoms with Crippen LogP contribution in [0.5, 0.6) is 11.5 Å². The Balaban J connectivity index is 2.16. The normalized spacial score (nSPS) is 10.3. The van der Waals surface area contributed by atoms with Crippen LogP contribution in [0.3, 0.4) is 0 Å². The fraction of sp³-hybridized carbons (Fsp3) is 0.176. The van der Waals surface area contributed by atoms with Gasteiger partial charge in [-0.2, -0.15) is 0 Å². The smallest absolute Gasteiger partial charge is 0.174 e. The highest BCUT2D eigenvalue weighted by Crippen LogP contribution is 2.34. The van der Waals surface area contributed by atoms with Crippen LogP contribution in [0.4, 0.5) is 5.69 Å². The van der Waals surface area contributed by atoms with Crippen LogP contribution in [0, 0.1) is 3.57 Å². The molecule has 2 aromatic carbocycles. The summed E-state index contributed by atoms with van der Waals surface area (Å²) in [6.45, 7) is 4.70. The van der Waals surface area contributed by atoms with E-state index in [1.807, 2.05) is 18.2 Å². The molecule has 1 N–H and O–H groups in total. The Bertz CT molecular complexity index is 707. The lowest BCUT2D eigenvalue weighted by atomic mass is 10.2. The van der Waals surface area contributed by atoms with Crippen LogP contribution in [0.1, 0.15) is 5.56 Å². The first-order valence-electron chi connectivity index (χ1n) is 6.84. The molecule has 0 unspecified atom stereocenters. The molecule has 0 atom stereocenters. The van der Waals surface area contributed by atoms with Gasteiger partial charge < -0.3 is 14.8 Å². The second kappa shape index (κ2) is 8.66. The van der Waals surface area contributed by atoms with E-state index in [9.17, 15) is 0 Å². The first-order valence-corrected chi connectivity index (χ1v) is 8.67. The number of rotatable bonds is 7. The van der Waals surface area contributed by atoms with E-state index in [0.29, 0.717) is 28.9 Å². The maximum Gasteiger partial charge on any atom is 0.174 e. The van der Waals surface area contributed by atoms with Crippen LogP contribution >= 0.6 is 45.8 Å². The van der Waals surface area contributed by atoms with Crippen LogP contribution in [-0.4, -0.2) is 13.7 Å². The Labute approximate surface area is 159 Å². The summed E-state index contributed by atoms with van der Waals surface area (Å²) >= 11 is 14.3. The number of hydrogen-bond acceptors (Lipinski definition) is 3. The standard InChI is InChI=1S/C17H16Cl2INO2/c1-3-6-23-17-14(20)7-11(8-16(17)22-2)10-21-15-5-4-12(18)9-13(15)19/h3-5,7-9,21H,1,6,10H2,2H3. The molecule has 122 valence electrons. The monoisotopic (exact) mass is 463 g/mol. The molecule has 2 aromatic rings. The Morgan fingerprint density at radius 1 is 1.26 bits per heavy atom. The van der Waals surface area contributed by atoms with Crippen molar-refractivity contribution in [3.8, 4) is 11.5 Å². The van der Waals surface area contributed by atoms with E-state index in [2.05, 4.69) is 34.5 Å². The van der Waals surface area contributed by atoms with Gasteiger partial charge in [-0.3, -0.25) is 0 Å². The molecule has 0 aromatic heterocycles. The fourth-order valence-electron chi connectivity index (χ4n) is 1.99. The molecule has 3 nitrogen and oxygen atoms in total. The van der Waals surface area contributed by atoms with Gasteiger partial charge in [0.15, 0.2) is 11.5 Å². The SMILES string of the molecule is C=CCOc1c(I)cc(CNc2ccc(Cl)cc2Cl)cc1OC. The number of methoxy groups -OCH3 is 1. The molecular formula is C17H16Cl2INO2. The number of nitrogens with one attached hydrogen (secondary N) is 1. The van der Waals surface area contributed by atoms with Gasteiger partial charge in [0.05, 0.1) is 21.4 Å². The third-order valence-corrected chi connectivity index (χ3v) is 4.40. The highest BCUT2D eigenvalue weighted by molar-refractivity contribution is 14.1. The second-order valence-corrected chi connectivity index (χ2v) is 6.69. The third kappa shape index (κ3) is 4.93. The van der Waals surface area contributed by atoms with Gasteiger partial charge in [0, 0.05) is 11.6 Å². The summed E-state index contributed by atoms with van der Waals surface area (Å²) < 4.78 is 12.0. The Hall–Kier alpha value is -1.11. The first kappa shape index (κ1) is 18.2. The molecule has 0 radical (unpaired) electrons.